The first kappa shape index (κ1) is 28.9. The molecule has 0 saturated heterocycles. The monoisotopic (exact) mass is 548 g/mol. The number of hydrogen-bond donors (Lipinski definition) is 4. The summed E-state index contributed by atoms with van der Waals surface area (Å²) in [4.78, 5) is 40.0. The second-order valence-corrected chi connectivity index (χ2v) is 10.7. The maximum absolute atomic E-state index is 14.0. The minimum Gasteiger partial charge on any atom is -0.488 e. The molecule has 0 aromatic heterocycles. The lowest BCUT2D eigenvalue weighted by molar-refractivity contribution is -0.159. The quantitative estimate of drug-likeness (QED) is 0.154. The van der Waals surface area contributed by atoms with Crippen LogP contribution in [0.5, 0.6) is 5.75 Å². The highest BCUT2D eigenvalue weighted by Crippen LogP contribution is 2.40. The van der Waals surface area contributed by atoms with Gasteiger partial charge in [0.05, 0.1) is 6.61 Å². The van der Waals surface area contributed by atoms with Gasteiger partial charge in [0.1, 0.15) is 29.6 Å². The first-order valence-electron chi connectivity index (χ1n) is 12.9. The van der Waals surface area contributed by atoms with E-state index in [1.165, 1.54) is 5.48 Å². The average Bonchev–Trinajstić information content (AvgIpc) is 2.96. The van der Waals surface area contributed by atoms with Gasteiger partial charge < -0.3 is 9.47 Å². The predicted octanol–water partition coefficient (Wildman–Crippen LogP) is 3.42. The van der Waals surface area contributed by atoms with Gasteiger partial charge in [-0.3, -0.25) is 20.0 Å². The summed E-state index contributed by atoms with van der Waals surface area (Å²) < 4.78 is 11.4. The van der Waals surface area contributed by atoms with Gasteiger partial charge in [0.2, 0.25) is 0 Å². The van der Waals surface area contributed by atoms with Crippen LogP contribution < -0.4 is 20.2 Å². The maximum Gasteiger partial charge on any atom is 0.411 e. The number of ether oxygens (including phenoxy) is 2. The Balaban J connectivity index is 1.88. The lowest BCUT2D eigenvalue weighted by atomic mass is 9.86. The van der Waals surface area contributed by atoms with Gasteiger partial charge >= 0.3 is 11.8 Å². The molecule has 0 radical (unpaired) electrons. The Bertz CT molecular complexity index is 1360. The van der Waals surface area contributed by atoms with Gasteiger partial charge in [-0.25, -0.2) is 20.2 Å². The van der Waals surface area contributed by atoms with Crippen LogP contribution in [0.4, 0.5) is 5.69 Å². The second-order valence-electron chi connectivity index (χ2n) is 10.7. The van der Waals surface area contributed by atoms with Crippen LogP contribution in [0, 0.1) is 0 Å². The van der Waals surface area contributed by atoms with Gasteiger partial charge in [-0.05, 0) is 44.0 Å². The Hall–Kier alpha value is -4.09. The third-order valence-corrected chi connectivity index (χ3v) is 6.90. The third-order valence-electron chi connectivity index (χ3n) is 6.90. The topological polar surface area (TPSA) is 134 Å². The molecule has 1 aliphatic heterocycles. The second kappa shape index (κ2) is 12.0. The van der Waals surface area contributed by atoms with Gasteiger partial charge in [-0.15, -0.1) is 0 Å². The number of fused-ring (bicyclic) bond motifs is 1. The fourth-order valence-electron chi connectivity index (χ4n) is 5.19. The summed E-state index contributed by atoms with van der Waals surface area (Å²) in [6, 6.07) is 22.3. The summed E-state index contributed by atoms with van der Waals surface area (Å²) in [6.07, 6.45) is -1.20. The number of quaternary nitrogens is 1. The minimum atomic E-state index is -1.36. The SMILES string of the molecule is CC(C)(C)Oc1ccc([N+]2(C(=O)C(=O)NO)Cc3ccccc3CC2C(OCc2ccccc2)C(=O)NO)cc1. The van der Waals surface area contributed by atoms with Crippen molar-refractivity contribution < 1.29 is 34.3 Å². The molecule has 3 unspecified atom stereocenters. The zero-order valence-electron chi connectivity index (χ0n) is 22.7. The molecule has 0 saturated carbocycles. The van der Waals surface area contributed by atoms with Crippen molar-refractivity contribution in [3.8, 4) is 5.75 Å². The summed E-state index contributed by atoms with van der Waals surface area (Å²) in [5.41, 5.74) is 5.48. The molecule has 4 N–H and O–H groups in total. The number of carbonyl (C=O) groups is 3. The molecule has 0 bridgehead atoms. The maximum atomic E-state index is 14.0. The van der Waals surface area contributed by atoms with Crippen molar-refractivity contribution in [3.05, 3.63) is 95.6 Å². The van der Waals surface area contributed by atoms with E-state index in [4.69, 9.17) is 9.47 Å². The van der Waals surface area contributed by atoms with E-state index in [1.807, 2.05) is 75.4 Å². The summed E-state index contributed by atoms with van der Waals surface area (Å²) in [7, 11) is 0. The van der Waals surface area contributed by atoms with Crippen LogP contribution in [-0.2, 0) is 38.7 Å². The predicted molar refractivity (Wildman–Crippen MR) is 146 cm³/mol. The van der Waals surface area contributed by atoms with Gasteiger partial charge in [0.25, 0.3) is 5.91 Å². The Labute approximate surface area is 232 Å². The summed E-state index contributed by atoms with van der Waals surface area (Å²) in [5, 5.41) is 19.2. The van der Waals surface area contributed by atoms with E-state index in [-0.39, 0.29) is 19.6 Å². The molecule has 10 nitrogen and oxygen atoms in total. The number of nitrogens with one attached hydrogen (secondary N) is 2. The molecule has 3 aromatic rings. The van der Waals surface area contributed by atoms with Crippen LogP contribution in [-0.4, -0.2) is 45.9 Å². The van der Waals surface area contributed by atoms with E-state index in [2.05, 4.69) is 0 Å². The molecular weight excluding hydrogens is 514 g/mol. The molecule has 4 rings (SSSR count). The fraction of sp³-hybridized carbons (Fsp3) is 0.300. The lowest BCUT2D eigenvalue weighted by Gasteiger charge is -2.46. The van der Waals surface area contributed by atoms with Gasteiger partial charge in [0, 0.05) is 24.1 Å². The molecule has 3 aromatic carbocycles. The highest BCUT2D eigenvalue weighted by atomic mass is 16.5. The highest BCUT2D eigenvalue weighted by molar-refractivity contribution is 6.38. The van der Waals surface area contributed by atoms with E-state index in [0.29, 0.717) is 11.4 Å². The molecular formula is C30H34N3O7+. The van der Waals surface area contributed by atoms with Crippen molar-refractivity contribution in [2.75, 3.05) is 0 Å². The van der Waals surface area contributed by atoms with Crippen LogP contribution in [0.1, 0.15) is 37.5 Å². The van der Waals surface area contributed by atoms with E-state index in [9.17, 15) is 24.8 Å². The number of hydroxylamine groups is 2. The highest BCUT2D eigenvalue weighted by Gasteiger charge is 2.57. The van der Waals surface area contributed by atoms with Gasteiger partial charge in [0.15, 0.2) is 6.10 Å². The zero-order chi connectivity index (χ0) is 28.9. The number of carbonyl (C=O) groups excluding carboxylic acids is 3. The first-order valence-corrected chi connectivity index (χ1v) is 12.9. The van der Waals surface area contributed by atoms with E-state index >= 15 is 0 Å². The van der Waals surface area contributed by atoms with Crippen molar-refractivity contribution in [1.82, 2.24) is 15.4 Å². The van der Waals surface area contributed by atoms with Crippen LogP contribution in [0.25, 0.3) is 0 Å². The largest absolute Gasteiger partial charge is 0.488 e. The number of benzene rings is 3. The van der Waals surface area contributed by atoms with E-state index in [1.54, 1.807) is 29.7 Å². The molecule has 3 amide bonds. The Morgan fingerprint density at radius 2 is 1.52 bits per heavy atom. The Morgan fingerprint density at radius 1 is 0.900 bits per heavy atom. The summed E-state index contributed by atoms with van der Waals surface area (Å²) in [5.74, 6) is -2.56. The van der Waals surface area contributed by atoms with Crippen molar-refractivity contribution >= 4 is 23.4 Å². The van der Waals surface area contributed by atoms with Crippen LogP contribution >= 0.6 is 0 Å². The Morgan fingerprint density at radius 3 is 2.12 bits per heavy atom. The smallest absolute Gasteiger partial charge is 0.411 e. The number of nitrogens with zero attached hydrogens (tertiary/aromatic N) is 1. The van der Waals surface area contributed by atoms with E-state index in [0.717, 1.165) is 16.7 Å². The fourth-order valence-corrected chi connectivity index (χ4v) is 5.19. The standard InChI is InChI=1S/C30H33N3O7/c1-30(2,3)40-24-15-13-23(14-16-24)33(29(36)28(35)32-38)18-22-12-8-7-11-21(22)17-25(33)26(27(34)31-37)39-19-20-9-5-4-6-10-20/h4-16,25-26H,17-19H2,1-3H3,(H3-,31,32,34,35,36,37,38)/p+1. The van der Waals surface area contributed by atoms with Crippen LogP contribution in [0.2, 0.25) is 0 Å². The molecule has 210 valence electrons. The molecule has 1 aliphatic rings. The van der Waals surface area contributed by atoms with Crippen molar-refractivity contribution in [2.45, 2.75) is 58.1 Å². The molecule has 40 heavy (non-hydrogen) atoms. The molecule has 1 heterocycles. The van der Waals surface area contributed by atoms with Crippen molar-refractivity contribution in [3.63, 3.8) is 0 Å². The zero-order valence-corrected chi connectivity index (χ0v) is 22.7. The van der Waals surface area contributed by atoms with Crippen LogP contribution in [0.3, 0.4) is 0 Å². The first-order chi connectivity index (χ1) is 19.1. The molecule has 3 atom stereocenters. The summed E-state index contributed by atoms with van der Waals surface area (Å²) >= 11 is 0. The summed E-state index contributed by atoms with van der Waals surface area (Å²) in [6.45, 7) is 5.73. The third kappa shape index (κ3) is 6.05. The van der Waals surface area contributed by atoms with Crippen molar-refractivity contribution in [2.24, 2.45) is 0 Å². The number of amides is 3. The minimum absolute atomic E-state index is 0.00350. The van der Waals surface area contributed by atoms with Gasteiger partial charge in [-0.1, -0.05) is 54.6 Å². The van der Waals surface area contributed by atoms with Crippen molar-refractivity contribution in [1.29, 1.82) is 0 Å². The molecule has 10 heteroatoms. The Kier molecular flexibility index (Phi) is 8.65. The lowest BCUT2D eigenvalue weighted by Crippen LogP contribution is -2.71. The van der Waals surface area contributed by atoms with Crippen LogP contribution in [0.15, 0.2) is 78.9 Å². The molecule has 0 fully saturated rings. The van der Waals surface area contributed by atoms with E-state index < -0.39 is 40.0 Å². The number of hydrogen-bond acceptors (Lipinski definition) is 7. The molecule has 0 spiro atoms. The average molecular weight is 549 g/mol. The normalized spacial score (nSPS) is 19.2. The molecule has 0 aliphatic carbocycles. The van der Waals surface area contributed by atoms with Gasteiger partial charge in [-0.2, -0.15) is 0 Å². The number of rotatable bonds is 7.